The molecule has 0 unspecified atom stereocenters. The molecule has 0 atom stereocenters. The van der Waals surface area contributed by atoms with E-state index in [9.17, 15) is 0 Å². The van der Waals surface area contributed by atoms with Crippen LogP contribution in [0.15, 0.2) is 48.4 Å². The molecule has 4 aromatic heterocycles. The Morgan fingerprint density at radius 2 is 2.00 bits per heavy atom. The maximum atomic E-state index is 4.60. The Morgan fingerprint density at radius 3 is 2.85 bits per heavy atom. The number of hydrogen-bond acceptors (Lipinski definition) is 5. The summed E-state index contributed by atoms with van der Waals surface area (Å²) in [7, 11) is 1.91. The first-order valence-electron chi connectivity index (χ1n) is 8.71. The predicted molar refractivity (Wildman–Crippen MR) is 103 cm³/mol. The zero-order chi connectivity index (χ0) is 18.4. The van der Waals surface area contributed by atoms with E-state index in [-0.39, 0.29) is 0 Å². The number of fused-ring (bicyclic) bond motifs is 2. The van der Waals surface area contributed by atoms with Crippen LogP contribution in [0.1, 0.15) is 22.8 Å². The summed E-state index contributed by atoms with van der Waals surface area (Å²) in [5, 5.41) is 17.2. The molecule has 1 aliphatic carbocycles. The molecule has 0 radical (unpaired) electrons. The van der Waals surface area contributed by atoms with Crippen molar-refractivity contribution in [1.29, 1.82) is 0 Å². The number of aryl methyl sites for hydroxylation is 2. The largest absolute Gasteiger partial charge is 0.275 e. The Morgan fingerprint density at radius 1 is 1.07 bits per heavy atom. The first-order valence-corrected chi connectivity index (χ1v) is 8.71. The van der Waals surface area contributed by atoms with E-state index in [0.717, 1.165) is 46.0 Å². The van der Waals surface area contributed by atoms with Crippen LogP contribution in [0.5, 0.6) is 0 Å². The molecule has 0 aromatic carbocycles. The molecule has 0 saturated carbocycles. The van der Waals surface area contributed by atoms with Crippen molar-refractivity contribution in [1.82, 2.24) is 34.6 Å². The second-order valence-electron chi connectivity index (χ2n) is 6.70. The van der Waals surface area contributed by atoms with Gasteiger partial charge in [-0.15, -0.1) is 10.2 Å². The van der Waals surface area contributed by atoms with E-state index in [1.54, 1.807) is 9.20 Å². The molecule has 7 heteroatoms. The average molecular weight is 355 g/mol. The molecule has 0 spiro atoms. The monoisotopic (exact) mass is 355 g/mol. The summed E-state index contributed by atoms with van der Waals surface area (Å²) in [5.74, 6) is 0.730. The van der Waals surface area contributed by atoms with Crippen LogP contribution in [0, 0.1) is 6.92 Å². The Kier molecular flexibility index (Phi) is 3.46. The number of aromatic nitrogens is 7. The predicted octanol–water partition coefficient (Wildman–Crippen LogP) is 2.88. The number of pyridine rings is 1. The highest BCUT2D eigenvalue weighted by molar-refractivity contribution is 5.69. The van der Waals surface area contributed by atoms with Gasteiger partial charge in [0.15, 0.2) is 11.5 Å². The molecular weight excluding hydrogens is 338 g/mol. The summed E-state index contributed by atoms with van der Waals surface area (Å²) < 4.78 is 3.57. The van der Waals surface area contributed by atoms with Gasteiger partial charge in [0.1, 0.15) is 0 Å². The molecule has 0 aliphatic heterocycles. The van der Waals surface area contributed by atoms with E-state index in [0.29, 0.717) is 0 Å². The van der Waals surface area contributed by atoms with Crippen LogP contribution >= 0.6 is 0 Å². The van der Waals surface area contributed by atoms with E-state index in [2.05, 4.69) is 37.5 Å². The fourth-order valence-corrected chi connectivity index (χ4v) is 3.26. The number of nitrogens with zero attached hydrogens (tertiary/aromatic N) is 7. The molecule has 0 bridgehead atoms. The minimum atomic E-state index is 0.730. The van der Waals surface area contributed by atoms with E-state index < -0.39 is 0 Å². The van der Waals surface area contributed by atoms with E-state index in [1.807, 2.05) is 56.8 Å². The van der Waals surface area contributed by atoms with Crippen LogP contribution in [0.4, 0.5) is 0 Å². The van der Waals surface area contributed by atoms with Crippen molar-refractivity contribution in [3.05, 3.63) is 71.2 Å². The zero-order valence-electron chi connectivity index (χ0n) is 15.0. The maximum Gasteiger partial charge on any atom is 0.178 e. The topological polar surface area (TPSA) is 73.8 Å². The lowest BCUT2D eigenvalue weighted by Gasteiger charge is -2.13. The zero-order valence-corrected chi connectivity index (χ0v) is 15.0. The van der Waals surface area contributed by atoms with Crippen molar-refractivity contribution < 1.29 is 0 Å². The molecule has 5 rings (SSSR count). The van der Waals surface area contributed by atoms with Gasteiger partial charge in [0.05, 0.1) is 17.6 Å². The van der Waals surface area contributed by atoms with Crippen molar-refractivity contribution in [2.24, 2.45) is 7.05 Å². The highest BCUT2D eigenvalue weighted by Crippen LogP contribution is 2.27. The Balaban J connectivity index is 1.51. The summed E-state index contributed by atoms with van der Waals surface area (Å²) >= 11 is 0. The lowest BCUT2D eigenvalue weighted by molar-refractivity contribution is 0.768. The number of allylic oxidation sites excluding steroid dienone is 2. The smallest absolute Gasteiger partial charge is 0.178 e. The lowest BCUT2D eigenvalue weighted by atomic mass is 9.95. The second-order valence-corrected chi connectivity index (χ2v) is 6.70. The van der Waals surface area contributed by atoms with E-state index in [4.69, 9.17) is 0 Å². The maximum absolute atomic E-state index is 4.60. The summed E-state index contributed by atoms with van der Waals surface area (Å²) in [6.07, 6.45) is 12.7. The fourth-order valence-electron chi connectivity index (χ4n) is 3.26. The van der Waals surface area contributed by atoms with Gasteiger partial charge >= 0.3 is 0 Å². The number of rotatable bonds is 2. The van der Waals surface area contributed by atoms with E-state index >= 15 is 0 Å². The average Bonchev–Trinajstić information content (AvgIpc) is 3.27. The molecule has 0 amide bonds. The lowest BCUT2D eigenvalue weighted by Crippen LogP contribution is -2.02. The molecule has 4 heterocycles. The summed E-state index contributed by atoms with van der Waals surface area (Å²) in [5.41, 5.74) is 7.14. The fraction of sp³-hybridized carbons (Fsp3) is 0.150. The van der Waals surface area contributed by atoms with Crippen LogP contribution in [-0.2, 0) is 13.5 Å². The third-order valence-corrected chi connectivity index (χ3v) is 4.62. The van der Waals surface area contributed by atoms with Crippen LogP contribution in [-0.4, -0.2) is 34.6 Å². The second kappa shape index (κ2) is 5.98. The molecule has 7 nitrogen and oxygen atoms in total. The minimum Gasteiger partial charge on any atom is -0.275 e. The quantitative estimate of drug-likeness (QED) is 0.553. The molecule has 132 valence electrons. The SMILES string of the molecule is Cc1ccc2nnc(C=C3C=Cc4ncc(-c5cnn(C)c5)cc4C3)n2n1. The van der Waals surface area contributed by atoms with Crippen LogP contribution in [0.25, 0.3) is 28.9 Å². The molecular formula is C20H17N7. The molecule has 0 fully saturated rings. The van der Waals surface area contributed by atoms with Gasteiger partial charge in [-0.2, -0.15) is 14.7 Å². The highest BCUT2D eigenvalue weighted by atomic mass is 15.4. The first-order chi connectivity index (χ1) is 13.2. The molecule has 0 saturated heterocycles. The third-order valence-electron chi connectivity index (χ3n) is 4.62. The van der Waals surface area contributed by atoms with Crippen molar-refractivity contribution >= 4 is 17.8 Å². The summed E-state index contributed by atoms with van der Waals surface area (Å²) in [6.45, 7) is 1.96. The molecule has 0 N–H and O–H groups in total. The normalized spacial score (nSPS) is 14.8. The van der Waals surface area contributed by atoms with Gasteiger partial charge in [0.2, 0.25) is 0 Å². The standard InChI is InChI=1S/C20H17N7/c1-13-3-6-19-23-24-20(27(19)25-13)8-14-4-5-18-15(7-14)9-16(10-21-18)17-11-22-26(2)12-17/h3-6,8-12H,7H2,1-2H3. The van der Waals surface area contributed by atoms with Gasteiger partial charge in [-0.1, -0.05) is 6.08 Å². The Labute approximate surface area is 155 Å². The first kappa shape index (κ1) is 15.6. The van der Waals surface area contributed by atoms with Crippen molar-refractivity contribution in [3.8, 4) is 11.1 Å². The highest BCUT2D eigenvalue weighted by Gasteiger charge is 2.13. The Hall–Kier alpha value is -3.61. The van der Waals surface area contributed by atoms with Gasteiger partial charge in [-0.05, 0) is 54.8 Å². The Bertz CT molecular complexity index is 1230. The van der Waals surface area contributed by atoms with Crippen LogP contribution in [0.3, 0.4) is 0 Å². The van der Waals surface area contributed by atoms with Gasteiger partial charge in [-0.3, -0.25) is 9.67 Å². The van der Waals surface area contributed by atoms with Gasteiger partial charge < -0.3 is 0 Å². The van der Waals surface area contributed by atoms with Gasteiger partial charge in [-0.25, -0.2) is 0 Å². The molecule has 1 aliphatic rings. The molecule has 27 heavy (non-hydrogen) atoms. The van der Waals surface area contributed by atoms with Gasteiger partial charge in [0, 0.05) is 30.6 Å². The summed E-state index contributed by atoms with van der Waals surface area (Å²) in [4.78, 5) is 4.60. The van der Waals surface area contributed by atoms with Crippen molar-refractivity contribution in [2.75, 3.05) is 0 Å². The van der Waals surface area contributed by atoms with Crippen molar-refractivity contribution in [3.63, 3.8) is 0 Å². The number of hydrogen-bond donors (Lipinski definition) is 0. The third kappa shape index (κ3) is 2.83. The van der Waals surface area contributed by atoms with Gasteiger partial charge in [0.25, 0.3) is 0 Å². The minimum absolute atomic E-state index is 0.730. The van der Waals surface area contributed by atoms with Crippen LogP contribution < -0.4 is 0 Å². The van der Waals surface area contributed by atoms with Crippen LogP contribution in [0.2, 0.25) is 0 Å². The van der Waals surface area contributed by atoms with E-state index in [1.165, 1.54) is 5.56 Å². The summed E-state index contributed by atoms with van der Waals surface area (Å²) in [6, 6.07) is 6.04. The van der Waals surface area contributed by atoms with Crippen molar-refractivity contribution in [2.45, 2.75) is 13.3 Å². The molecule has 4 aromatic rings.